The Bertz CT molecular complexity index is 670. The average molecular weight is 371 g/mol. The van der Waals surface area contributed by atoms with E-state index in [0.717, 1.165) is 76.6 Å². The molecule has 0 aliphatic carbocycles. The third kappa shape index (κ3) is 4.50. The second-order valence-corrected chi connectivity index (χ2v) is 7.90. The molecule has 0 saturated carbocycles. The van der Waals surface area contributed by atoms with E-state index in [2.05, 4.69) is 4.90 Å². The highest BCUT2D eigenvalue weighted by Crippen LogP contribution is 2.23. The van der Waals surface area contributed by atoms with E-state index in [1.54, 1.807) is 0 Å². The topological polar surface area (TPSA) is 53.1 Å². The zero-order chi connectivity index (χ0) is 18.6. The number of ether oxygens (including phenoxy) is 1. The Labute approximate surface area is 161 Å². The molecule has 6 nitrogen and oxygen atoms in total. The van der Waals surface area contributed by atoms with E-state index in [9.17, 15) is 9.59 Å². The Kier molecular flexibility index (Phi) is 5.74. The van der Waals surface area contributed by atoms with Gasteiger partial charge in [-0.05, 0) is 36.5 Å². The number of carbonyl (C=O) groups is 2. The fourth-order valence-corrected chi connectivity index (χ4v) is 4.36. The number of benzene rings is 1. The first kappa shape index (κ1) is 18.4. The molecule has 146 valence electrons. The van der Waals surface area contributed by atoms with Crippen LogP contribution in [0.4, 0.5) is 5.69 Å². The third-order valence-electron chi connectivity index (χ3n) is 5.94. The number of morpholine rings is 1. The van der Waals surface area contributed by atoms with Gasteiger partial charge in [0.15, 0.2) is 0 Å². The lowest BCUT2D eigenvalue weighted by Crippen LogP contribution is -2.40. The van der Waals surface area contributed by atoms with E-state index in [1.807, 2.05) is 34.1 Å². The molecule has 2 amide bonds. The minimum Gasteiger partial charge on any atom is -0.379 e. The molecule has 0 spiro atoms. The van der Waals surface area contributed by atoms with Crippen LogP contribution in [-0.2, 0) is 20.7 Å². The summed E-state index contributed by atoms with van der Waals surface area (Å²) in [4.78, 5) is 30.8. The molecule has 3 aliphatic heterocycles. The minimum absolute atomic E-state index is 0.196. The van der Waals surface area contributed by atoms with Crippen LogP contribution in [0.1, 0.15) is 24.8 Å². The van der Waals surface area contributed by atoms with E-state index < -0.39 is 0 Å². The largest absolute Gasteiger partial charge is 0.379 e. The SMILES string of the molecule is O=C(Cc1ccc(N2CCCC2=O)cc1)N1CCC(CN2CCOCC2)C1. The fraction of sp³-hybridized carbons (Fsp3) is 0.619. The number of hydrogen-bond acceptors (Lipinski definition) is 4. The van der Waals surface area contributed by atoms with Crippen molar-refractivity contribution in [2.75, 3.05) is 57.4 Å². The average Bonchev–Trinajstić information content (AvgIpc) is 3.32. The molecule has 27 heavy (non-hydrogen) atoms. The van der Waals surface area contributed by atoms with Crippen molar-refractivity contribution in [1.82, 2.24) is 9.80 Å². The van der Waals surface area contributed by atoms with Gasteiger partial charge in [-0.2, -0.15) is 0 Å². The molecule has 3 saturated heterocycles. The second-order valence-electron chi connectivity index (χ2n) is 7.90. The highest BCUT2D eigenvalue weighted by Gasteiger charge is 2.28. The maximum atomic E-state index is 12.7. The first-order valence-electron chi connectivity index (χ1n) is 10.2. The lowest BCUT2D eigenvalue weighted by atomic mass is 10.1. The van der Waals surface area contributed by atoms with Crippen molar-refractivity contribution in [3.8, 4) is 0 Å². The van der Waals surface area contributed by atoms with Gasteiger partial charge in [0.05, 0.1) is 19.6 Å². The van der Waals surface area contributed by atoms with E-state index in [-0.39, 0.29) is 11.8 Å². The molecule has 3 heterocycles. The summed E-state index contributed by atoms with van der Waals surface area (Å²) in [5.41, 5.74) is 1.97. The van der Waals surface area contributed by atoms with Gasteiger partial charge < -0.3 is 14.5 Å². The monoisotopic (exact) mass is 371 g/mol. The van der Waals surface area contributed by atoms with Crippen molar-refractivity contribution in [2.24, 2.45) is 5.92 Å². The Morgan fingerprint density at radius 1 is 1.07 bits per heavy atom. The molecule has 1 atom stereocenters. The van der Waals surface area contributed by atoms with Gasteiger partial charge in [0, 0.05) is 51.4 Å². The van der Waals surface area contributed by atoms with Gasteiger partial charge in [-0.15, -0.1) is 0 Å². The summed E-state index contributed by atoms with van der Waals surface area (Å²) in [7, 11) is 0. The maximum Gasteiger partial charge on any atom is 0.227 e. The molecule has 1 unspecified atom stereocenters. The van der Waals surface area contributed by atoms with Crippen LogP contribution in [0.3, 0.4) is 0 Å². The number of hydrogen-bond donors (Lipinski definition) is 0. The van der Waals surface area contributed by atoms with Crippen LogP contribution >= 0.6 is 0 Å². The van der Waals surface area contributed by atoms with Crippen molar-refractivity contribution in [3.05, 3.63) is 29.8 Å². The maximum absolute atomic E-state index is 12.7. The van der Waals surface area contributed by atoms with Crippen LogP contribution in [0.25, 0.3) is 0 Å². The third-order valence-corrected chi connectivity index (χ3v) is 5.94. The van der Waals surface area contributed by atoms with E-state index >= 15 is 0 Å². The summed E-state index contributed by atoms with van der Waals surface area (Å²) in [6, 6.07) is 7.91. The zero-order valence-electron chi connectivity index (χ0n) is 15.9. The summed E-state index contributed by atoms with van der Waals surface area (Å²) >= 11 is 0. The smallest absolute Gasteiger partial charge is 0.227 e. The fourth-order valence-electron chi connectivity index (χ4n) is 4.36. The number of nitrogens with zero attached hydrogens (tertiary/aromatic N) is 3. The van der Waals surface area contributed by atoms with E-state index in [4.69, 9.17) is 4.74 Å². The molecule has 0 radical (unpaired) electrons. The van der Waals surface area contributed by atoms with Gasteiger partial charge in [0.1, 0.15) is 0 Å². The van der Waals surface area contributed by atoms with E-state index in [0.29, 0.717) is 18.8 Å². The standard InChI is InChI=1S/C21H29N3O3/c25-20-2-1-8-24(20)19-5-3-17(4-6-19)14-21(26)23-9-7-18(16-23)15-22-10-12-27-13-11-22/h3-6,18H,1-2,7-16H2. The molecular formula is C21H29N3O3. The number of likely N-dealkylation sites (tertiary alicyclic amines) is 1. The summed E-state index contributed by atoms with van der Waals surface area (Å²) in [5, 5.41) is 0. The molecule has 1 aromatic carbocycles. The van der Waals surface area contributed by atoms with Gasteiger partial charge in [-0.1, -0.05) is 12.1 Å². The van der Waals surface area contributed by atoms with Crippen LogP contribution in [0.5, 0.6) is 0 Å². The molecule has 0 N–H and O–H groups in total. The molecule has 0 aromatic heterocycles. The molecule has 4 rings (SSSR count). The minimum atomic E-state index is 0.196. The Balaban J connectivity index is 1.27. The van der Waals surface area contributed by atoms with Crippen LogP contribution in [-0.4, -0.2) is 74.1 Å². The highest BCUT2D eigenvalue weighted by molar-refractivity contribution is 5.95. The van der Waals surface area contributed by atoms with Gasteiger partial charge in [-0.25, -0.2) is 0 Å². The molecule has 3 fully saturated rings. The van der Waals surface area contributed by atoms with Crippen LogP contribution in [0.2, 0.25) is 0 Å². The quantitative estimate of drug-likeness (QED) is 0.788. The first-order valence-corrected chi connectivity index (χ1v) is 10.2. The number of amides is 2. The zero-order valence-corrected chi connectivity index (χ0v) is 15.9. The lowest BCUT2D eigenvalue weighted by Gasteiger charge is -2.29. The first-order chi connectivity index (χ1) is 13.2. The van der Waals surface area contributed by atoms with Crippen molar-refractivity contribution < 1.29 is 14.3 Å². The van der Waals surface area contributed by atoms with Crippen LogP contribution in [0, 0.1) is 5.92 Å². The Hall–Kier alpha value is -1.92. The van der Waals surface area contributed by atoms with Crippen molar-refractivity contribution in [1.29, 1.82) is 0 Å². The van der Waals surface area contributed by atoms with Gasteiger partial charge in [-0.3, -0.25) is 14.5 Å². The molecule has 1 aromatic rings. The predicted octanol–water partition coefficient (Wildman–Crippen LogP) is 1.54. The summed E-state index contributed by atoms with van der Waals surface area (Å²) in [6.45, 7) is 7.29. The predicted molar refractivity (Wildman–Crippen MR) is 104 cm³/mol. The van der Waals surface area contributed by atoms with Gasteiger partial charge >= 0.3 is 0 Å². The highest BCUT2D eigenvalue weighted by atomic mass is 16.5. The Morgan fingerprint density at radius 3 is 2.56 bits per heavy atom. The molecule has 0 bridgehead atoms. The molecule has 3 aliphatic rings. The molecule has 6 heteroatoms. The van der Waals surface area contributed by atoms with Crippen molar-refractivity contribution in [3.63, 3.8) is 0 Å². The van der Waals surface area contributed by atoms with Crippen LogP contribution < -0.4 is 4.90 Å². The van der Waals surface area contributed by atoms with Gasteiger partial charge in [0.25, 0.3) is 0 Å². The van der Waals surface area contributed by atoms with Crippen molar-refractivity contribution in [2.45, 2.75) is 25.7 Å². The summed E-state index contributed by atoms with van der Waals surface area (Å²) in [5.74, 6) is 0.988. The van der Waals surface area contributed by atoms with Crippen LogP contribution in [0.15, 0.2) is 24.3 Å². The number of carbonyl (C=O) groups excluding carboxylic acids is 2. The second kappa shape index (κ2) is 8.40. The van der Waals surface area contributed by atoms with Gasteiger partial charge in [0.2, 0.25) is 11.8 Å². The Morgan fingerprint density at radius 2 is 1.85 bits per heavy atom. The normalized spacial score (nSPS) is 24.0. The summed E-state index contributed by atoms with van der Waals surface area (Å²) in [6.07, 6.45) is 3.11. The number of anilines is 1. The summed E-state index contributed by atoms with van der Waals surface area (Å²) < 4.78 is 5.41. The molecular weight excluding hydrogens is 342 g/mol. The van der Waals surface area contributed by atoms with Crippen molar-refractivity contribution >= 4 is 17.5 Å². The van der Waals surface area contributed by atoms with E-state index in [1.165, 1.54) is 0 Å². The number of rotatable bonds is 5. The lowest BCUT2D eigenvalue weighted by molar-refractivity contribution is -0.129.